The molecule has 0 unspecified atom stereocenters. The lowest BCUT2D eigenvalue weighted by molar-refractivity contribution is -0.141. The van der Waals surface area contributed by atoms with Crippen molar-refractivity contribution in [3.8, 4) is 6.07 Å². The number of halogens is 3. The Bertz CT molecular complexity index is 802. The van der Waals surface area contributed by atoms with Crippen molar-refractivity contribution in [2.24, 2.45) is 5.41 Å². The van der Waals surface area contributed by atoms with Crippen molar-refractivity contribution in [1.82, 2.24) is 9.88 Å². The van der Waals surface area contributed by atoms with E-state index >= 15 is 0 Å². The average molecular weight is 412 g/mol. The molecule has 158 valence electrons. The van der Waals surface area contributed by atoms with Gasteiger partial charge in [0.1, 0.15) is 16.7 Å². The fraction of sp³-hybridized carbons (Fsp3) is 0.579. The standard InChI is InChI=1S/C19H23F3N4O3/c1-17(2,3)29-16(28)26-9-7-18(12-23,8-10-26)15(27)25(4)13-5-6-14(24-11-13)19(20,21)22/h5-6,11H,7-10H2,1-4H3. The molecule has 0 aliphatic carbocycles. The highest BCUT2D eigenvalue weighted by Crippen LogP contribution is 2.35. The number of anilines is 1. The molecule has 0 aromatic carbocycles. The molecule has 0 radical (unpaired) electrons. The molecule has 1 aromatic heterocycles. The van der Waals surface area contributed by atoms with E-state index in [-0.39, 0.29) is 31.6 Å². The van der Waals surface area contributed by atoms with Crippen LogP contribution in [0.1, 0.15) is 39.3 Å². The number of nitriles is 1. The molecule has 1 aliphatic rings. The van der Waals surface area contributed by atoms with Crippen LogP contribution in [-0.2, 0) is 15.7 Å². The molecule has 0 N–H and O–H groups in total. The minimum atomic E-state index is -4.58. The number of rotatable bonds is 2. The Morgan fingerprint density at radius 2 is 1.83 bits per heavy atom. The van der Waals surface area contributed by atoms with Gasteiger partial charge >= 0.3 is 12.3 Å². The Kier molecular flexibility index (Phi) is 6.11. The summed E-state index contributed by atoms with van der Waals surface area (Å²) < 4.78 is 43.3. The number of hydrogen-bond acceptors (Lipinski definition) is 5. The molecule has 2 rings (SSSR count). The zero-order valence-corrected chi connectivity index (χ0v) is 16.7. The van der Waals surface area contributed by atoms with E-state index in [1.807, 2.05) is 6.07 Å². The van der Waals surface area contributed by atoms with Crippen molar-refractivity contribution in [2.45, 2.75) is 45.4 Å². The van der Waals surface area contributed by atoms with Crippen LogP contribution >= 0.6 is 0 Å². The number of alkyl halides is 3. The lowest BCUT2D eigenvalue weighted by Crippen LogP contribution is -2.51. The average Bonchev–Trinajstić information content (AvgIpc) is 2.65. The minimum absolute atomic E-state index is 0.0972. The molecule has 1 saturated heterocycles. The van der Waals surface area contributed by atoms with Crippen molar-refractivity contribution in [3.05, 3.63) is 24.0 Å². The lowest BCUT2D eigenvalue weighted by atomic mass is 9.78. The van der Waals surface area contributed by atoms with Crippen LogP contribution in [0.2, 0.25) is 0 Å². The largest absolute Gasteiger partial charge is 0.444 e. The summed E-state index contributed by atoms with van der Waals surface area (Å²) in [7, 11) is 1.38. The first kappa shape index (κ1) is 22.5. The molecule has 7 nitrogen and oxygen atoms in total. The molecule has 1 fully saturated rings. The summed E-state index contributed by atoms with van der Waals surface area (Å²) in [6, 6.07) is 3.96. The topological polar surface area (TPSA) is 86.5 Å². The summed E-state index contributed by atoms with van der Waals surface area (Å²) >= 11 is 0. The first-order valence-electron chi connectivity index (χ1n) is 9.00. The van der Waals surface area contributed by atoms with Gasteiger partial charge < -0.3 is 14.5 Å². The zero-order chi connectivity index (χ0) is 22.0. The molecule has 2 amide bonds. The van der Waals surface area contributed by atoms with Gasteiger partial charge in [0.15, 0.2) is 0 Å². The van der Waals surface area contributed by atoms with Gasteiger partial charge in [-0.1, -0.05) is 0 Å². The molecule has 0 atom stereocenters. The van der Waals surface area contributed by atoms with Crippen LogP contribution in [0, 0.1) is 16.7 Å². The number of nitrogens with zero attached hydrogens (tertiary/aromatic N) is 4. The van der Waals surface area contributed by atoms with Gasteiger partial charge in [-0.3, -0.25) is 4.79 Å². The third-order valence-corrected chi connectivity index (χ3v) is 4.62. The smallest absolute Gasteiger partial charge is 0.433 e. The number of amides is 2. The molecule has 0 bridgehead atoms. The Morgan fingerprint density at radius 1 is 1.24 bits per heavy atom. The number of carbonyl (C=O) groups is 2. The Morgan fingerprint density at radius 3 is 2.24 bits per heavy atom. The van der Waals surface area contributed by atoms with Crippen molar-refractivity contribution in [3.63, 3.8) is 0 Å². The van der Waals surface area contributed by atoms with Crippen molar-refractivity contribution in [1.29, 1.82) is 5.26 Å². The van der Waals surface area contributed by atoms with E-state index in [0.29, 0.717) is 0 Å². The minimum Gasteiger partial charge on any atom is -0.444 e. The van der Waals surface area contributed by atoms with Gasteiger partial charge in [0.2, 0.25) is 5.91 Å². The molecule has 0 spiro atoms. The van der Waals surface area contributed by atoms with Crippen LogP contribution in [0.5, 0.6) is 0 Å². The fourth-order valence-corrected chi connectivity index (χ4v) is 2.96. The number of piperidine rings is 1. The Hall–Kier alpha value is -2.83. The second kappa shape index (κ2) is 7.89. The Balaban J connectivity index is 2.11. The zero-order valence-electron chi connectivity index (χ0n) is 16.7. The van der Waals surface area contributed by atoms with Gasteiger partial charge in [0.05, 0.1) is 18.0 Å². The van der Waals surface area contributed by atoms with Gasteiger partial charge in [0, 0.05) is 20.1 Å². The number of ether oxygens (including phenoxy) is 1. The van der Waals surface area contributed by atoms with E-state index in [4.69, 9.17) is 4.74 Å². The Labute approximate surface area is 167 Å². The SMILES string of the molecule is CN(C(=O)C1(C#N)CCN(C(=O)OC(C)(C)C)CC1)c1ccc(C(F)(F)F)nc1. The van der Waals surface area contributed by atoms with Crippen LogP contribution in [0.3, 0.4) is 0 Å². The molecule has 0 saturated carbocycles. The van der Waals surface area contributed by atoms with Crippen LogP contribution in [0.25, 0.3) is 0 Å². The highest BCUT2D eigenvalue weighted by atomic mass is 19.4. The van der Waals surface area contributed by atoms with Gasteiger partial charge in [-0.05, 0) is 45.7 Å². The molecule has 1 aliphatic heterocycles. The molecule has 1 aromatic rings. The van der Waals surface area contributed by atoms with E-state index in [2.05, 4.69) is 4.98 Å². The third kappa shape index (κ3) is 5.16. The van der Waals surface area contributed by atoms with E-state index in [1.165, 1.54) is 11.9 Å². The van der Waals surface area contributed by atoms with Gasteiger partial charge in [-0.2, -0.15) is 18.4 Å². The van der Waals surface area contributed by atoms with Crippen LogP contribution < -0.4 is 4.90 Å². The van der Waals surface area contributed by atoms with E-state index in [9.17, 15) is 28.0 Å². The third-order valence-electron chi connectivity index (χ3n) is 4.62. The van der Waals surface area contributed by atoms with Gasteiger partial charge in [-0.25, -0.2) is 9.78 Å². The first-order valence-corrected chi connectivity index (χ1v) is 9.00. The van der Waals surface area contributed by atoms with Crippen LogP contribution in [-0.4, -0.2) is 47.6 Å². The molecule has 2 heterocycles. The van der Waals surface area contributed by atoms with Gasteiger partial charge in [-0.15, -0.1) is 0 Å². The predicted molar refractivity (Wildman–Crippen MR) is 97.7 cm³/mol. The summed E-state index contributed by atoms with van der Waals surface area (Å²) in [6.45, 7) is 5.54. The molecule has 29 heavy (non-hydrogen) atoms. The summed E-state index contributed by atoms with van der Waals surface area (Å²) in [5.41, 5.74) is -2.96. The normalized spacial score (nSPS) is 16.7. The summed E-state index contributed by atoms with van der Waals surface area (Å²) in [6.07, 6.45) is -3.96. The lowest BCUT2D eigenvalue weighted by Gasteiger charge is -2.38. The highest BCUT2D eigenvalue weighted by Gasteiger charge is 2.45. The first-order chi connectivity index (χ1) is 13.3. The van der Waals surface area contributed by atoms with Crippen molar-refractivity contribution in [2.75, 3.05) is 25.0 Å². The number of carbonyl (C=O) groups excluding carboxylic acids is 2. The number of likely N-dealkylation sites (tertiary alicyclic amines) is 1. The summed E-state index contributed by atoms with van der Waals surface area (Å²) in [5, 5.41) is 9.67. The number of hydrogen-bond donors (Lipinski definition) is 0. The molecular weight excluding hydrogens is 389 g/mol. The second-order valence-corrected chi connectivity index (χ2v) is 7.92. The van der Waals surface area contributed by atoms with Crippen molar-refractivity contribution >= 4 is 17.7 Å². The molecular formula is C19H23F3N4O3. The summed E-state index contributed by atoms with van der Waals surface area (Å²) in [5.74, 6) is -0.551. The predicted octanol–water partition coefficient (Wildman–Crippen LogP) is 3.60. The fourth-order valence-electron chi connectivity index (χ4n) is 2.96. The quantitative estimate of drug-likeness (QED) is 0.741. The van der Waals surface area contributed by atoms with E-state index in [1.54, 1.807) is 20.8 Å². The summed E-state index contributed by atoms with van der Waals surface area (Å²) in [4.78, 5) is 31.0. The second-order valence-electron chi connectivity index (χ2n) is 7.92. The van der Waals surface area contributed by atoms with Gasteiger partial charge in [0.25, 0.3) is 0 Å². The van der Waals surface area contributed by atoms with Crippen molar-refractivity contribution < 1.29 is 27.5 Å². The highest BCUT2D eigenvalue weighted by molar-refractivity contribution is 5.99. The number of aromatic nitrogens is 1. The van der Waals surface area contributed by atoms with Crippen LogP contribution in [0.15, 0.2) is 18.3 Å². The van der Waals surface area contributed by atoms with Crippen LogP contribution in [0.4, 0.5) is 23.7 Å². The monoisotopic (exact) mass is 412 g/mol. The maximum atomic E-state index is 13.0. The maximum absolute atomic E-state index is 13.0. The van der Waals surface area contributed by atoms with E-state index in [0.717, 1.165) is 23.2 Å². The number of pyridine rings is 1. The molecule has 10 heteroatoms. The van der Waals surface area contributed by atoms with E-state index < -0.39 is 34.9 Å². The maximum Gasteiger partial charge on any atom is 0.433 e.